The fraction of sp³-hybridized carbons (Fsp3) is 0.769. The molecule has 0 aromatic carbocycles. The third kappa shape index (κ3) is 2.11. The van der Waals surface area contributed by atoms with E-state index in [1.807, 2.05) is 6.20 Å². The molecule has 2 N–H and O–H groups in total. The highest BCUT2D eigenvalue weighted by atomic mass is 16.3. The highest BCUT2D eigenvalue weighted by Gasteiger charge is 2.25. The lowest BCUT2D eigenvalue weighted by molar-refractivity contribution is 0.188. The van der Waals surface area contributed by atoms with E-state index in [4.69, 9.17) is 0 Å². The number of aliphatic hydroxyl groups is 1. The first-order chi connectivity index (χ1) is 8.38. The van der Waals surface area contributed by atoms with Crippen LogP contribution in [0.5, 0.6) is 0 Å². The maximum Gasteiger partial charge on any atom is 0.126 e. The Balaban J connectivity index is 1.83. The molecular formula is C13H21N3O. The van der Waals surface area contributed by atoms with Crippen molar-refractivity contribution < 1.29 is 5.11 Å². The summed E-state index contributed by atoms with van der Waals surface area (Å²) in [5.74, 6) is 1.61. The summed E-state index contributed by atoms with van der Waals surface area (Å²) in [5, 5.41) is 12.9. The van der Waals surface area contributed by atoms with Crippen LogP contribution in [0, 0.1) is 5.92 Å². The van der Waals surface area contributed by atoms with Crippen molar-refractivity contribution in [2.24, 2.45) is 5.92 Å². The normalized spacial score (nSPS) is 29.0. The first-order valence-electron chi connectivity index (χ1n) is 6.77. The van der Waals surface area contributed by atoms with E-state index in [0.29, 0.717) is 18.6 Å². The highest BCUT2D eigenvalue weighted by molar-refractivity contribution is 5.12. The van der Waals surface area contributed by atoms with Crippen LogP contribution in [0.4, 0.5) is 0 Å². The minimum absolute atomic E-state index is 0.301. The fourth-order valence-corrected chi connectivity index (χ4v) is 3.04. The smallest absolute Gasteiger partial charge is 0.126 e. The Kier molecular flexibility index (Phi) is 3.16. The van der Waals surface area contributed by atoms with Crippen molar-refractivity contribution in [1.82, 2.24) is 14.9 Å². The molecule has 2 aliphatic rings. The molecule has 2 unspecified atom stereocenters. The summed E-state index contributed by atoms with van der Waals surface area (Å²) < 4.78 is 2.34. The van der Waals surface area contributed by atoms with Crippen molar-refractivity contribution in [3.63, 3.8) is 0 Å². The molecule has 1 aromatic heterocycles. The average Bonchev–Trinajstić information content (AvgIpc) is 2.82. The molecule has 0 amide bonds. The van der Waals surface area contributed by atoms with E-state index < -0.39 is 0 Å². The molecule has 0 aliphatic carbocycles. The molecule has 0 saturated carbocycles. The predicted molar refractivity (Wildman–Crippen MR) is 65.7 cm³/mol. The van der Waals surface area contributed by atoms with Gasteiger partial charge in [0.25, 0.3) is 0 Å². The van der Waals surface area contributed by atoms with Gasteiger partial charge in [-0.3, -0.25) is 0 Å². The molecule has 0 radical (unpaired) electrons. The van der Waals surface area contributed by atoms with Crippen molar-refractivity contribution >= 4 is 0 Å². The molecule has 2 atom stereocenters. The lowest BCUT2D eigenvalue weighted by Crippen LogP contribution is -2.31. The zero-order valence-corrected chi connectivity index (χ0v) is 10.2. The topological polar surface area (TPSA) is 50.1 Å². The number of imidazole rings is 1. The zero-order chi connectivity index (χ0) is 11.7. The monoisotopic (exact) mass is 235 g/mol. The fourth-order valence-electron chi connectivity index (χ4n) is 3.04. The van der Waals surface area contributed by atoms with E-state index in [-0.39, 0.29) is 0 Å². The van der Waals surface area contributed by atoms with Gasteiger partial charge in [0.15, 0.2) is 0 Å². The molecule has 2 aliphatic heterocycles. The number of hydrogen-bond donors (Lipinski definition) is 2. The number of nitrogens with one attached hydrogen (secondary N) is 1. The van der Waals surface area contributed by atoms with Gasteiger partial charge in [0, 0.05) is 31.0 Å². The Bertz CT molecular complexity index is 382. The van der Waals surface area contributed by atoms with E-state index in [0.717, 1.165) is 25.9 Å². The molecule has 94 valence electrons. The van der Waals surface area contributed by atoms with Crippen molar-refractivity contribution in [3.8, 4) is 0 Å². The van der Waals surface area contributed by atoms with Crippen LogP contribution in [0.3, 0.4) is 0 Å². The van der Waals surface area contributed by atoms with Gasteiger partial charge in [-0.05, 0) is 32.2 Å². The number of hydrogen-bond acceptors (Lipinski definition) is 3. The van der Waals surface area contributed by atoms with E-state index in [1.54, 1.807) is 0 Å². The predicted octanol–water partition coefficient (Wildman–Crippen LogP) is 1.25. The second-order valence-electron chi connectivity index (χ2n) is 5.31. The van der Waals surface area contributed by atoms with Crippen LogP contribution in [-0.2, 0) is 13.0 Å². The number of rotatable bonds is 2. The molecule has 4 nitrogen and oxygen atoms in total. The molecule has 0 spiro atoms. The molecule has 1 fully saturated rings. The lowest BCUT2D eigenvalue weighted by Gasteiger charge is -2.28. The number of nitrogens with zero attached hydrogens (tertiary/aromatic N) is 2. The summed E-state index contributed by atoms with van der Waals surface area (Å²) in [5.41, 5.74) is 1.34. The number of fused-ring (bicyclic) bond motifs is 1. The van der Waals surface area contributed by atoms with Gasteiger partial charge in [-0.25, -0.2) is 4.98 Å². The highest BCUT2D eigenvalue weighted by Crippen LogP contribution is 2.27. The zero-order valence-electron chi connectivity index (χ0n) is 10.2. The SMILES string of the molecule is OCC1CCc2cnc(C3CCCCN3)n2C1. The van der Waals surface area contributed by atoms with Gasteiger partial charge in [0.2, 0.25) is 0 Å². The van der Waals surface area contributed by atoms with Crippen LogP contribution in [0.15, 0.2) is 6.20 Å². The van der Waals surface area contributed by atoms with Crippen LogP contribution in [0.2, 0.25) is 0 Å². The minimum Gasteiger partial charge on any atom is -0.396 e. The summed E-state index contributed by atoms with van der Waals surface area (Å²) in [4.78, 5) is 4.61. The standard InChI is InChI=1S/C13H21N3O/c17-9-10-4-5-11-7-15-13(16(11)8-10)12-3-1-2-6-14-12/h7,10,12,14,17H,1-6,8-9H2. The summed E-state index contributed by atoms with van der Waals surface area (Å²) in [7, 11) is 0. The van der Waals surface area contributed by atoms with Gasteiger partial charge in [-0.1, -0.05) is 6.42 Å². The number of aromatic nitrogens is 2. The van der Waals surface area contributed by atoms with Gasteiger partial charge < -0.3 is 15.0 Å². The Morgan fingerprint density at radius 3 is 3.12 bits per heavy atom. The molecule has 0 bridgehead atoms. The Morgan fingerprint density at radius 1 is 1.41 bits per heavy atom. The number of aryl methyl sites for hydroxylation is 1. The lowest BCUT2D eigenvalue weighted by atomic mass is 9.98. The quantitative estimate of drug-likeness (QED) is 0.811. The van der Waals surface area contributed by atoms with Gasteiger partial charge in [-0.2, -0.15) is 0 Å². The van der Waals surface area contributed by atoms with E-state index >= 15 is 0 Å². The Hall–Kier alpha value is -0.870. The van der Waals surface area contributed by atoms with Crippen LogP contribution in [0.25, 0.3) is 0 Å². The molecule has 1 saturated heterocycles. The molecular weight excluding hydrogens is 214 g/mol. The van der Waals surface area contributed by atoms with Crippen LogP contribution in [-0.4, -0.2) is 27.8 Å². The summed E-state index contributed by atoms with van der Waals surface area (Å²) >= 11 is 0. The Morgan fingerprint density at radius 2 is 2.35 bits per heavy atom. The summed E-state index contributed by atoms with van der Waals surface area (Å²) in [6.07, 6.45) is 7.96. The third-order valence-corrected chi connectivity index (χ3v) is 4.10. The van der Waals surface area contributed by atoms with Crippen molar-refractivity contribution in [2.75, 3.05) is 13.2 Å². The summed E-state index contributed by atoms with van der Waals surface area (Å²) in [6.45, 7) is 2.35. The second kappa shape index (κ2) is 4.78. The molecule has 3 rings (SSSR count). The Labute approximate surface area is 102 Å². The van der Waals surface area contributed by atoms with Crippen LogP contribution >= 0.6 is 0 Å². The van der Waals surface area contributed by atoms with Crippen molar-refractivity contribution in [3.05, 3.63) is 17.7 Å². The molecule has 3 heterocycles. The van der Waals surface area contributed by atoms with Gasteiger partial charge in [-0.15, -0.1) is 0 Å². The number of piperidine rings is 1. The van der Waals surface area contributed by atoms with E-state index in [9.17, 15) is 5.11 Å². The van der Waals surface area contributed by atoms with Gasteiger partial charge in [0.05, 0.1) is 6.04 Å². The molecule has 1 aromatic rings. The van der Waals surface area contributed by atoms with Crippen molar-refractivity contribution in [1.29, 1.82) is 0 Å². The van der Waals surface area contributed by atoms with Crippen molar-refractivity contribution in [2.45, 2.75) is 44.7 Å². The first-order valence-corrected chi connectivity index (χ1v) is 6.77. The van der Waals surface area contributed by atoms with E-state index in [1.165, 1.54) is 30.8 Å². The molecule has 17 heavy (non-hydrogen) atoms. The summed E-state index contributed by atoms with van der Waals surface area (Å²) in [6, 6.07) is 0.426. The largest absolute Gasteiger partial charge is 0.396 e. The van der Waals surface area contributed by atoms with Crippen LogP contribution < -0.4 is 5.32 Å². The third-order valence-electron chi connectivity index (χ3n) is 4.10. The minimum atomic E-state index is 0.301. The van der Waals surface area contributed by atoms with Crippen LogP contribution in [0.1, 0.15) is 43.2 Å². The maximum absolute atomic E-state index is 9.31. The average molecular weight is 235 g/mol. The van der Waals surface area contributed by atoms with Gasteiger partial charge >= 0.3 is 0 Å². The first kappa shape index (κ1) is 11.2. The maximum atomic E-state index is 9.31. The number of aliphatic hydroxyl groups excluding tert-OH is 1. The van der Waals surface area contributed by atoms with E-state index in [2.05, 4.69) is 14.9 Å². The molecule has 4 heteroatoms. The van der Waals surface area contributed by atoms with Gasteiger partial charge in [0.1, 0.15) is 5.82 Å². The second-order valence-corrected chi connectivity index (χ2v) is 5.31.